The molecular formula is C49H46N2. The molecule has 0 amide bonds. The Labute approximate surface area is 302 Å². The first kappa shape index (κ1) is 30.7. The van der Waals surface area contributed by atoms with E-state index in [2.05, 4.69) is 145 Å². The molecule has 0 radical (unpaired) electrons. The quantitative estimate of drug-likeness (QED) is 0.173. The molecular weight excluding hydrogens is 617 g/mol. The molecule has 0 bridgehead atoms. The normalized spacial score (nSPS) is 16.9. The number of rotatable bonds is 4. The maximum Gasteiger partial charge on any atom is 0.0372 e. The fourth-order valence-electron chi connectivity index (χ4n) is 9.73. The molecule has 0 atom stereocenters. The van der Waals surface area contributed by atoms with Gasteiger partial charge < -0.3 is 9.80 Å². The SMILES string of the molecule is CC1(C)c2ccccc2-c2ccc(-c3c4ccc(N5CCCCC5)cc4c(-c4ccc5ccccc5c4)c4ccc(N5CCCCC5)cc34)cc21. The number of piperidine rings is 2. The van der Waals surface area contributed by atoms with Crippen LogP contribution in [0.2, 0.25) is 0 Å². The first-order valence-corrected chi connectivity index (χ1v) is 19.3. The van der Waals surface area contributed by atoms with Crippen molar-refractivity contribution in [1.82, 2.24) is 0 Å². The van der Waals surface area contributed by atoms with Gasteiger partial charge in [0.25, 0.3) is 0 Å². The van der Waals surface area contributed by atoms with Crippen LogP contribution in [0.25, 0.3) is 65.7 Å². The Morgan fingerprint density at radius 1 is 0.412 bits per heavy atom. The van der Waals surface area contributed by atoms with Gasteiger partial charge in [-0.25, -0.2) is 0 Å². The fourth-order valence-corrected chi connectivity index (χ4v) is 9.73. The molecule has 2 nitrogen and oxygen atoms in total. The van der Waals surface area contributed by atoms with Gasteiger partial charge >= 0.3 is 0 Å². The zero-order valence-electron chi connectivity index (χ0n) is 30.0. The monoisotopic (exact) mass is 662 g/mol. The predicted octanol–water partition coefficient (Wildman–Crippen LogP) is 12.8. The molecule has 0 spiro atoms. The third kappa shape index (κ3) is 4.98. The van der Waals surface area contributed by atoms with Crippen molar-refractivity contribution in [2.75, 3.05) is 36.0 Å². The molecule has 2 aliphatic heterocycles. The van der Waals surface area contributed by atoms with Crippen LogP contribution in [0.3, 0.4) is 0 Å². The first-order chi connectivity index (χ1) is 25.0. The van der Waals surface area contributed by atoms with E-state index in [1.165, 1.54) is 127 Å². The molecule has 3 aliphatic rings. The molecule has 252 valence electrons. The summed E-state index contributed by atoms with van der Waals surface area (Å²) in [7, 11) is 0. The summed E-state index contributed by atoms with van der Waals surface area (Å²) in [6.07, 6.45) is 7.74. The van der Waals surface area contributed by atoms with E-state index in [9.17, 15) is 0 Å². The molecule has 2 fully saturated rings. The number of fused-ring (bicyclic) bond motifs is 6. The molecule has 0 unspecified atom stereocenters. The van der Waals surface area contributed by atoms with Crippen molar-refractivity contribution < 1.29 is 0 Å². The average Bonchev–Trinajstić information content (AvgIpc) is 3.42. The van der Waals surface area contributed by atoms with Gasteiger partial charge in [-0.1, -0.05) is 98.8 Å². The van der Waals surface area contributed by atoms with Crippen molar-refractivity contribution in [2.45, 2.75) is 57.8 Å². The summed E-state index contributed by atoms with van der Waals surface area (Å²) in [5.41, 5.74) is 13.6. The van der Waals surface area contributed by atoms with Gasteiger partial charge in [-0.3, -0.25) is 0 Å². The van der Waals surface area contributed by atoms with Crippen LogP contribution in [0.15, 0.2) is 121 Å². The van der Waals surface area contributed by atoms with Gasteiger partial charge in [0, 0.05) is 43.0 Å². The van der Waals surface area contributed by atoms with Gasteiger partial charge in [-0.15, -0.1) is 0 Å². The Morgan fingerprint density at radius 2 is 0.941 bits per heavy atom. The fraction of sp³-hybridized carbons (Fsp3) is 0.265. The molecule has 7 aromatic rings. The second-order valence-corrected chi connectivity index (χ2v) is 15.8. The van der Waals surface area contributed by atoms with Crippen LogP contribution in [0.1, 0.15) is 63.5 Å². The highest BCUT2D eigenvalue weighted by atomic mass is 15.1. The molecule has 2 saturated heterocycles. The van der Waals surface area contributed by atoms with E-state index in [4.69, 9.17) is 0 Å². The van der Waals surface area contributed by atoms with Crippen LogP contribution < -0.4 is 9.80 Å². The van der Waals surface area contributed by atoms with Crippen molar-refractivity contribution >= 4 is 43.7 Å². The van der Waals surface area contributed by atoms with Gasteiger partial charge in [0.15, 0.2) is 0 Å². The zero-order valence-corrected chi connectivity index (χ0v) is 30.0. The predicted molar refractivity (Wildman–Crippen MR) is 220 cm³/mol. The van der Waals surface area contributed by atoms with E-state index in [-0.39, 0.29) is 5.41 Å². The number of hydrogen-bond donors (Lipinski definition) is 0. The number of nitrogens with zero attached hydrogens (tertiary/aromatic N) is 2. The van der Waals surface area contributed by atoms with Crippen LogP contribution in [0, 0.1) is 0 Å². The van der Waals surface area contributed by atoms with E-state index < -0.39 is 0 Å². The van der Waals surface area contributed by atoms with Crippen molar-refractivity contribution in [1.29, 1.82) is 0 Å². The van der Waals surface area contributed by atoms with Crippen LogP contribution in [0.4, 0.5) is 11.4 Å². The maximum absolute atomic E-state index is 2.62. The lowest BCUT2D eigenvalue weighted by molar-refractivity contribution is 0.578. The Bertz CT molecular complexity index is 2470. The molecule has 51 heavy (non-hydrogen) atoms. The van der Waals surface area contributed by atoms with Crippen LogP contribution in [0.5, 0.6) is 0 Å². The molecule has 1 aliphatic carbocycles. The summed E-state index contributed by atoms with van der Waals surface area (Å²) in [5, 5.41) is 7.97. The average molecular weight is 663 g/mol. The Hall–Kier alpha value is -5.08. The summed E-state index contributed by atoms with van der Waals surface area (Å²) in [6, 6.07) is 47.0. The molecule has 0 saturated carbocycles. The van der Waals surface area contributed by atoms with Gasteiger partial charge in [0.1, 0.15) is 0 Å². The Kier molecular flexibility index (Phi) is 7.24. The minimum atomic E-state index is -0.0566. The maximum atomic E-state index is 2.62. The Balaban J connectivity index is 1.29. The van der Waals surface area contributed by atoms with E-state index in [0.717, 1.165) is 26.2 Å². The zero-order chi connectivity index (χ0) is 34.1. The summed E-state index contributed by atoms with van der Waals surface area (Å²) in [6.45, 7) is 9.35. The third-order valence-electron chi connectivity index (χ3n) is 12.4. The molecule has 0 aromatic heterocycles. The summed E-state index contributed by atoms with van der Waals surface area (Å²) < 4.78 is 0. The van der Waals surface area contributed by atoms with Crippen molar-refractivity contribution in [3.63, 3.8) is 0 Å². The minimum Gasteiger partial charge on any atom is -0.372 e. The van der Waals surface area contributed by atoms with Gasteiger partial charge in [0.05, 0.1) is 0 Å². The summed E-state index contributed by atoms with van der Waals surface area (Å²) in [4.78, 5) is 5.24. The van der Waals surface area contributed by atoms with E-state index in [0.29, 0.717) is 0 Å². The van der Waals surface area contributed by atoms with E-state index in [1.807, 2.05) is 0 Å². The first-order valence-electron chi connectivity index (χ1n) is 19.3. The van der Waals surface area contributed by atoms with Crippen molar-refractivity contribution in [3.8, 4) is 33.4 Å². The van der Waals surface area contributed by atoms with Crippen molar-refractivity contribution in [2.24, 2.45) is 0 Å². The van der Waals surface area contributed by atoms with Crippen molar-refractivity contribution in [3.05, 3.63) is 132 Å². The standard InChI is InChI=1S/C49H46N2/c1-49(2)45-16-8-7-15-39(45)40-22-19-36(30-46(40)49)48-42-24-21-37(50-25-9-3-10-26-50)31-43(42)47(35-18-17-33-13-5-6-14-34(33)29-35)41-23-20-38(32-44(41)48)51-27-11-4-12-28-51/h5-8,13-24,29-32H,3-4,9-12,25-28H2,1-2H3. The number of benzene rings is 7. The molecule has 7 aromatic carbocycles. The molecule has 10 rings (SSSR count). The number of anilines is 2. The third-order valence-corrected chi connectivity index (χ3v) is 12.4. The van der Waals surface area contributed by atoms with Crippen LogP contribution in [-0.2, 0) is 5.41 Å². The van der Waals surface area contributed by atoms with Gasteiger partial charge in [-0.2, -0.15) is 0 Å². The molecule has 2 heterocycles. The van der Waals surface area contributed by atoms with E-state index >= 15 is 0 Å². The van der Waals surface area contributed by atoms with Gasteiger partial charge in [-0.05, 0) is 152 Å². The molecule has 2 heteroatoms. The highest BCUT2D eigenvalue weighted by molar-refractivity contribution is 6.23. The lowest BCUT2D eigenvalue weighted by Gasteiger charge is -2.30. The van der Waals surface area contributed by atoms with Gasteiger partial charge in [0.2, 0.25) is 0 Å². The van der Waals surface area contributed by atoms with Crippen LogP contribution in [-0.4, -0.2) is 26.2 Å². The van der Waals surface area contributed by atoms with Crippen LogP contribution >= 0.6 is 0 Å². The summed E-state index contributed by atoms with van der Waals surface area (Å²) in [5.74, 6) is 0. The highest BCUT2D eigenvalue weighted by Crippen LogP contribution is 2.52. The largest absolute Gasteiger partial charge is 0.372 e. The van der Waals surface area contributed by atoms with E-state index in [1.54, 1.807) is 0 Å². The lowest BCUT2D eigenvalue weighted by atomic mass is 9.80. The molecule has 0 N–H and O–H groups in total. The lowest BCUT2D eigenvalue weighted by Crippen LogP contribution is -2.29. The number of hydrogen-bond acceptors (Lipinski definition) is 2. The second-order valence-electron chi connectivity index (χ2n) is 15.8. The second kappa shape index (κ2) is 12.0. The Morgan fingerprint density at radius 3 is 1.59 bits per heavy atom. The topological polar surface area (TPSA) is 6.48 Å². The minimum absolute atomic E-state index is 0.0566. The smallest absolute Gasteiger partial charge is 0.0372 e. The highest BCUT2D eigenvalue weighted by Gasteiger charge is 2.35. The summed E-state index contributed by atoms with van der Waals surface area (Å²) >= 11 is 0.